The van der Waals surface area contributed by atoms with Crippen molar-refractivity contribution in [2.45, 2.75) is 35.1 Å². The van der Waals surface area contributed by atoms with Crippen LogP contribution in [0, 0.1) is 5.82 Å². The van der Waals surface area contributed by atoms with Gasteiger partial charge in [0.2, 0.25) is 10.0 Å². The predicted molar refractivity (Wildman–Crippen MR) is 143 cm³/mol. The molecule has 0 amide bonds. The average molecular weight is 571 g/mol. The van der Waals surface area contributed by atoms with E-state index in [1.165, 1.54) is 36.0 Å². The highest BCUT2D eigenvalue weighted by molar-refractivity contribution is 7.98. The maximum atomic E-state index is 14.5. The molecule has 0 radical (unpaired) electrons. The van der Waals surface area contributed by atoms with E-state index in [2.05, 4.69) is 11.6 Å². The third-order valence-electron chi connectivity index (χ3n) is 5.44. The van der Waals surface area contributed by atoms with E-state index >= 15 is 0 Å². The van der Waals surface area contributed by atoms with E-state index in [9.17, 15) is 17.2 Å². The van der Waals surface area contributed by atoms with Crippen molar-refractivity contribution in [2.75, 3.05) is 0 Å². The van der Waals surface area contributed by atoms with Gasteiger partial charge >= 0.3 is 0 Å². The highest BCUT2D eigenvalue weighted by Crippen LogP contribution is 2.37. The summed E-state index contributed by atoms with van der Waals surface area (Å²) < 4.78 is 52.9. The Morgan fingerprint density at radius 2 is 1.94 bits per heavy atom. The Morgan fingerprint density at radius 1 is 1.22 bits per heavy atom. The number of hydrogen-bond donors (Lipinski definition) is 1. The van der Waals surface area contributed by atoms with Gasteiger partial charge in [0.15, 0.2) is 5.16 Å². The van der Waals surface area contributed by atoms with Gasteiger partial charge in [0.05, 0.1) is 26.8 Å². The molecule has 2 N–H and O–H groups in total. The van der Waals surface area contributed by atoms with Gasteiger partial charge < -0.3 is 0 Å². The Kier molecular flexibility index (Phi) is 8.84. The molecule has 3 aromatic rings. The van der Waals surface area contributed by atoms with Crippen molar-refractivity contribution in [2.24, 2.45) is 5.14 Å². The summed E-state index contributed by atoms with van der Waals surface area (Å²) in [7, 11) is -4.01. The molecule has 190 valence electrons. The first-order valence-electron chi connectivity index (χ1n) is 10.5. The molecule has 0 atom stereocenters. The Bertz CT molecular complexity index is 1470. The average Bonchev–Trinajstić information content (AvgIpc) is 3.22. The minimum atomic E-state index is -4.01. The lowest BCUT2D eigenvalue weighted by Gasteiger charge is -2.26. The van der Waals surface area contributed by atoms with Gasteiger partial charge in [-0.1, -0.05) is 67.5 Å². The summed E-state index contributed by atoms with van der Waals surface area (Å²) in [5.74, 6) is -1.05. The molecule has 3 rings (SSSR count). The zero-order chi connectivity index (χ0) is 26.7. The first-order chi connectivity index (χ1) is 16.8. The second-order valence-corrected chi connectivity index (χ2v) is 11.6. The smallest absolute Gasteiger partial charge is 0.238 e. The lowest BCUT2D eigenvalue weighted by molar-refractivity contribution is 0.590. The molecule has 0 aliphatic heterocycles. The zero-order valence-electron chi connectivity index (χ0n) is 19.4. The molecule has 0 spiro atoms. The van der Waals surface area contributed by atoms with Crippen molar-refractivity contribution >= 4 is 51.2 Å². The van der Waals surface area contributed by atoms with Crippen LogP contribution in [0.25, 0.3) is 6.20 Å². The number of aromatic nitrogens is 2. The molecule has 1 heterocycles. The van der Waals surface area contributed by atoms with E-state index in [1.807, 2.05) is 19.9 Å². The fourth-order valence-electron chi connectivity index (χ4n) is 3.34. The number of halogens is 4. The van der Waals surface area contributed by atoms with Crippen molar-refractivity contribution in [3.63, 3.8) is 0 Å². The molecule has 0 bridgehead atoms. The van der Waals surface area contributed by atoms with E-state index in [-0.39, 0.29) is 16.2 Å². The maximum absolute atomic E-state index is 14.5. The van der Waals surface area contributed by atoms with E-state index in [4.69, 9.17) is 28.3 Å². The molecule has 0 aliphatic rings. The standard InChI is InChI=1S/C25H23Cl2F2N3O2S2/c1-4-18(28)6-5-11-32-23(25(2,3)17-8-10-20(26)21(27)12-17)14-31-24(32)35-15-16-7-9-19(13-22(16)29)36(30,33)34/h4-14H,1,15H2,2-3H3,(H2,30,33,34)/b11-5+,18-6+. The number of benzene rings is 2. The third kappa shape index (κ3) is 6.46. The number of thioether (sulfide) groups is 1. The van der Waals surface area contributed by atoms with Gasteiger partial charge in [0.25, 0.3) is 0 Å². The molecule has 5 nitrogen and oxygen atoms in total. The number of sulfonamides is 1. The second-order valence-electron chi connectivity index (χ2n) is 8.23. The molecular weight excluding hydrogens is 547 g/mol. The number of rotatable bonds is 9. The van der Waals surface area contributed by atoms with E-state index in [0.29, 0.717) is 15.2 Å². The number of primary sulfonamides is 1. The monoisotopic (exact) mass is 569 g/mol. The summed E-state index contributed by atoms with van der Waals surface area (Å²) >= 11 is 13.6. The topological polar surface area (TPSA) is 78.0 Å². The first-order valence-corrected chi connectivity index (χ1v) is 13.8. The second kappa shape index (κ2) is 11.3. The molecule has 0 fully saturated rings. The van der Waals surface area contributed by atoms with Gasteiger partial charge in [0, 0.05) is 17.4 Å². The number of nitrogens with zero attached hydrogens (tertiary/aromatic N) is 2. The van der Waals surface area contributed by atoms with Crippen LogP contribution in [0.5, 0.6) is 0 Å². The summed E-state index contributed by atoms with van der Waals surface area (Å²) in [5.41, 5.74) is 1.32. The molecule has 1 aromatic heterocycles. The molecule has 0 saturated carbocycles. The number of imidazole rings is 1. The predicted octanol–water partition coefficient (Wildman–Crippen LogP) is 7.10. The molecule has 11 heteroatoms. The van der Waals surface area contributed by atoms with Crippen LogP contribution in [-0.2, 0) is 21.2 Å². The fraction of sp³-hybridized carbons (Fsp3) is 0.160. The Hall–Kier alpha value is -2.43. The van der Waals surface area contributed by atoms with Crippen LogP contribution in [-0.4, -0.2) is 18.0 Å². The van der Waals surface area contributed by atoms with E-state index in [1.54, 1.807) is 29.1 Å². The van der Waals surface area contributed by atoms with Crippen molar-refractivity contribution in [3.8, 4) is 0 Å². The van der Waals surface area contributed by atoms with Crippen LogP contribution >= 0.6 is 35.0 Å². The Morgan fingerprint density at radius 3 is 2.56 bits per heavy atom. The van der Waals surface area contributed by atoms with Crippen molar-refractivity contribution in [3.05, 3.63) is 106 Å². The largest absolute Gasteiger partial charge is 0.298 e. The van der Waals surface area contributed by atoms with Crippen LogP contribution in [0.2, 0.25) is 10.0 Å². The Balaban J connectivity index is 2.00. The maximum Gasteiger partial charge on any atom is 0.238 e. The van der Waals surface area contributed by atoms with Crippen molar-refractivity contribution in [1.29, 1.82) is 0 Å². The van der Waals surface area contributed by atoms with Crippen molar-refractivity contribution in [1.82, 2.24) is 9.55 Å². The summed E-state index contributed by atoms with van der Waals surface area (Å²) in [6.07, 6.45) is 7.18. The van der Waals surface area contributed by atoms with E-state index < -0.39 is 27.1 Å². The van der Waals surface area contributed by atoms with Gasteiger partial charge in [-0.15, -0.1) is 0 Å². The van der Waals surface area contributed by atoms with Crippen LogP contribution in [0.1, 0.15) is 30.7 Å². The summed E-state index contributed by atoms with van der Waals surface area (Å²) in [6.45, 7) is 7.35. The van der Waals surface area contributed by atoms with Gasteiger partial charge in [-0.25, -0.2) is 27.3 Å². The number of hydrogen-bond acceptors (Lipinski definition) is 4. The normalized spacial score (nSPS) is 12.9. The fourth-order valence-corrected chi connectivity index (χ4v) is 5.11. The lowest BCUT2D eigenvalue weighted by atomic mass is 9.81. The molecule has 2 aromatic carbocycles. The van der Waals surface area contributed by atoms with Crippen LogP contribution in [0.3, 0.4) is 0 Å². The third-order valence-corrected chi connectivity index (χ3v) is 8.11. The van der Waals surface area contributed by atoms with Crippen molar-refractivity contribution < 1.29 is 17.2 Å². The summed E-state index contributed by atoms with van der Waals surface area (Å²) in [5, 5.41) is 6.43. The number of nitrogens with two attached hydrogens (primary N) is 1. The van der Waals surface area contributed by atoms with Gasteiger partial charge in [0.1, 0.15) is 11.6 Å². The zero-order valence-corrected chi connectivity index (χ0v) is 22.5. The lowest BCUT2D eigenvalue weighted by Crippen LogP contribution is -2.22. The van der Waals surface area contributed by atoms with Gasteiger partial charge in [-0.3, -0.25) is 4.57 Å². The van der Waals surface area contributed by atoms with Crippen LogP contribution in [0.4, 0.5) is 8.78 Å². The molecule has 0 saturated heterocycles. The molecule has 0 aliphatic carbocycles. The summed E-state index contributed by atoms with van der Waals surface area (Å²) in [4.78, 5) is 4.20. The van der Waals surface area contributed by atoms with Crippen LogP contribution in [0.15, 0.2) is 83.3 Å². The minimum Gasteiger partial charge on any atom is -0.298 e. The van der Waals surface area contributed by atoms with Gasteiger partial charge in [-0.2, -0.15) is 0 Å². The highest BCUT2D eigenvalue weighted by atomic mass is 35.5. The first kappa shape index (κ1) is 28.1. The number of allylic oxidation sites excluding steroid dienone is 4. The quantitative estimate of drug-likeness (QED) is 0.220. The molecule has 0 unspecified atom stereocenters. The highest BCUT2D eigenvalue weighted by Gasteiger charge is 2.29. The molecular formula is C25H23Cl2F2N3O2S2. The van der Waals surface area contributed by atoms with E-state index in [0.717, 1.165) is 23.4 Å². The summed E-state index contributed by atoms with van der Waals surface area (Å²) in [6, 6.07) is 8.86. The Labute approximate surface area is 223 Å². The van der Waals surface area contributed by atoms with Gasteiger partial charge in [-0.05, 0) is 53.6 Å². The minimum absolute atomic E-state index is 0.158. The van der Waals surface area contributed by atoms with Crippen LogP contribution < -0.4 is 5.14 Å². The SMILES string of the molecule is C=C/C(F)=C\C=C\n1c(C(C)(C)c2ccc(Cl)c(Cl)c2)cnc1SCc1ccc(S(N)(=O)=O)cc1F. The molecule has 36 heavy (non-hydrogen) atoms.